The summed E-state index contributed by atoms with van der Waals surface area (Å²) in [4.78, 5) is 0. The number of rotatable bonds is 2. The Balaban J connectivity index is 1.98. The molecule has 0 fully saturated rings. The molecule has 0 amide bonds. The molecule has 0 unspecified atom stereocenters. The zero-order valence-corrected chi connectivity index (χ0v) is 15.2. The molecule has 1 aliphatic rings. The van der Waals surface area contributed by atoms with Crippen molar-refractivity contribution < 1.29 is 0 Å². The number of halogens is 1. The number of anilines is 1. The van der Waals surface area contributed by atoms with Crippen LogP contribution in [0.25, 0.3) is 21.5 Å². The lowest BCUT2D eigenvalue weighted by atomic mass is 9.99. The van der Waals surface area contributed by atoms with Crippen molar-refractivity contribution >= 4 is 50.1 Å². The molecular formula is C21H18IN. The minimum atomic E-state index is 1.12. The molecule has 0 aliphatic heterocycles. The quantitative estimate of drug-likeness (QED) is 0.255. The monoisotopic (exact) mass is 411 g/mol. The van der Waals surface area contributed by atoms with Crippen molar-refractivity contribution in [3.8, 4) is 0 Å². The minimum Gasteiger partial charge on any atom is -0.282 e. The van der Waals surface area contributed by atoms with Crippen LogP contribution in [0.4, 0.5) is 5.69 Å². The maximum absolute atomic E-state index is 2.45. The van der Waals surface area contributed by atoms with Crippen LogP contribution in [0.2, 0.25) is 0 Å². The fourth-order valence-corrected chi connectivity index (χ4v) is 4.32. The van der Waals surface area contributed by atoms with Gasteiger partial charge in [0.25, 0.3) is 0 Å². The largest absolute Gasteiger partial charge is 0.282 e. The van der Waals surface area contributed by atoms with E-state index in [1.165, 1.54) is 38.5 Å². The lowest BCUT2D eigenvalue weighted by Gasteiger charge is -2.25. The van der Waals surface area contributed by atoms with Gasteiger partial charge in [0.1, 0.15) is 0 Å². The van der Waals surface area contributed by atoms with Gasteiger partial charge in [-0.25, -0.2) is 0 Å². The van der Waals surface area contributed by atoms with Crippen LogP contribution in [-0.4, -0.2) is 0 Å². The number of hydrogen-bond donors (Lipinski definition) is 0. The van der Waals surface area contributed by atoms with Crippen LogP contribution in [0.15, 0.2) is 78.0 Å². The van der Waals surface area contributed by atoms with Crippen LogP contribution in [-0.2, 0) is 0 Å². The predicted molar refractivity (Wildman–Crippen MR) is 109 cm³/mol. The van der Waals surface area contributed by atoms with Gasteiger partial charge in [-0.2, -0.15) is 0 Å². The van der Waals surface area contributed by atoms with E-state index in [1.54, 1.807) is 0 Å². The van der Waals surface area contributed by atoms with Crippen molar-refractivity contribution in [3.05, 3.63) is 78.0 Å². The Kier molecular flexibility index (Phi) is 3.85. The molecule has 1 nitrogen and oxygen atoms in total. The van der Waals surface area contributed by atoms with Crippen LogP contribution in [0, 0.1) is 0 Å². The van der Waals surface area contributed by atoms with Gasteiger partial charge in [0.05, 0.1) is 28.6 Å². The SMILES string of the molecule is CC1=CCCC=C1N(I)c1cc2ccccc2c2ccccc12. The molecule has 114 valence electrons. The topological polar surface area (TPSA) is 3.24 Å². The third kappa shape index (κ3) is 2.55. The van der Waals surface area contributed by atoms with Crippen LogP contribution < -0.4 is 3.11 Å². The van der Waals surface area contributed by atoms with Gasteiger partial charge in [0.15, 0.2) is 0 Å². The van der Waals surface area contributed by atoms with Crippen molar-refractivity contribution in [1.29, 1.82) is 0 Å². The van der Waals surface area contributed by atoms with Gasteiger partial charge in [-0.1, -0.05) is 60.7 Å². The van der Waals surface area contributed by atoms with Gasteiger partial charge in [0, 0.05) is 11.1 Å². The van der Waals surface area contributed by atoms with Gasteiger partial charge >= 0.3 is 0 Å². The molecule has 0 saturated heterocycles. The van der Waals surface area contributed by atoms with E-state index in [0.717, 1.165) is 12.8 Å². The minimum absolute atomic E-state index is 1.12. The van der Waals surface area contributed by atoms with E-state index in [4.69, 9.17) is 0 Å². The predicted octanol–water partition coefficient (Wildman–Crippen LogP) is 6.77. The van der Waals surface area contributed by atoms with Crippen molar-refractivity contribution in [2.45, 2.75) is 19.8 Å². The Morgan fingerprint density at radius 3 is 2.26 bits per heavy atom. The molecular weight excluding hydrogens is 393 g/mol. The van der Waals surface area contributed by atoms with E-state index < -0.39 is 0 Å². The molecule has 1 aliphatic carbocycles. The molecule has 0 atom stereocenters. The summed E-state index contributed by atoms with van der Waals surface area (Å²) in [5.41, 5.74) is 3.95. The first-order valence-electron chi connectivity index (χ1n) is 7.99. The van der Waals surface area contributed by atoms with Crippen molar-refractivity contribution in [2.75, 3.05) is 3.11 Å². The fraction of sp³-hybridized carbons (Fsp3) is 0.143. The standard InChI is InChI=1S/C21H18IN/c1-15-8-2-7-13-20(15)23(22)21-14-16-9-3-4-10-17(16)18-11-5-6-12-19(18)21/h3-6,8-14H,2,7H2,1H3. The van der Waals surface area contributed by atoms with Gasteiger partial charge in [-0.05, 0) is 47.6 Å². The number of hydrogen-bond acceptors (Lipinski definition) is 1. The van der Waals surface area contributed by atoms with Crippen LogP contribution in [0.1, 0.15) is 19.8 Å². The summed E-state index contributed by atoms with van der Waals surface area (Å²) >= 11 is 2.45. The molecule has 0 N–H and O–H groups in total. The van der Waals surface area contributed by atoms with Crippen molar-refractivity contribution in [3.63, 3.8) is 0 Å². The highest BCUT2D eigenvalue weighted by Crippen LogP contribution is 2.39. The number of fused-ring (bicyclic) bond motifs is 3. The fourth-order valence-electron chi connectivity index (χ4n) is 3.35. The molecule has 3 aromatic carbocycles. The zero-order valence-electron chi connectivity index (χ0n) is 13.1. The average Bonchev–Trinajstić information content (AvgIpc) is 2.61. The summed E-state index contributed by atoms with van der Waals surface area (Å²) in [7, 11) is 0. The highest BCUT2D eigenvalue weighted by molar-refractivity contribution is 14.1. The Morgan fingerprint density at radius 2 is 1.48 bits per heavy atom. The normalized spacial score (nSPS) is 14.7. The first-order valence-corrected chi connectivity index (χ1v) is 8.96. The second-order valence-electron chi connectivity index (χ2n) is 6.00. The van der Waals surface area contributed by atoms with E-state index >= 15 is 0 Å². The average molecular weight is 411 g/mol. The van der Waals surface area contributed by atoms with Gasteiger partial charge in [-0.15, -0.1) is 0 Å². The van der Waals surface area contributed by atoms with Crippen LogP contribution in [0.3, 0.4) is 0 Å². The number of nitrogens with zero attached hydrogens (tertiary/aromatic N) is 1. The maximum Gasteiger partial charge on any atom is 0.0646 e. The van der Waals surface area contributed by atoms with E-state index in [9.17, 15) is 0 Å². The molecule has 3 aromatic rings. The lowest BCUT2D eigenvalue weighted by molar-refractivity contribution is 0.985. The highest BCUT2D eigenvalue weighted by Gasteiger charge is 2.16. The zero-order chi connectivity index (χ0) is 15.8. The van der Waals surface area contributed by atoms with E-state index in [0.29, 0.717) is 0 Å². The molecule has 0 heterocycles. The first-order chi connectivity index (χ1) is 11.3. The maximum atomic E-state index is 2.45. The van der Waals surface area contributed by atoms with Gasteiger partial charge in [0.2, 0.25) is 0 Å². The van der Waals surface area contributed by atoms with E-state index in [-0.39, 0.29) is 0 Å². The van der Waals surface area contributed by atoms with Gasteiger partial charge in [-0.3, -0.25) is 3.11 Å². The summed E-state index contributed by atoms with van der Waals surface area (Å²) in [5.74, 6) is 0. The summed E-state index contributed by atoms with van der Waals surface area (Å²) in [6.45, 7) is 2.21. The van der Waals surface area contributed by atoms with Gasteiger partial charge < -0.3 is 0 Å². The number of allylic oxidation sites excluding steroid dienone is 3. The molecule has 23 heavy (non-hydrogen) atoms. The third-order valence-corrected chi connectivity index (χ3v) is 5.57. The lowest BCUT2D eigenvalue weighted by Crippen LogP contribution is -2.12. The highest BCUT2D eigenvalue weighted by atomic mass is 127. The van der Waals surface area contributed by atoms with Crippen LogP contribution >= 0.6 is 22.9 Å². The molecule has 0 saturated carbocycles. The molecule has 0 radical (unpaired) electrons. The summed E-state index contributed by atoms with van der Waals surface area (Å²) in [5, 5.41) is 5.24. The molecule has 4 rings (SSSR count). The smallest absolute Gasteiger partial charge is 0.0646 e. The van der Waals surface area contributed by atoms with Crippen LogP contribution in [0.5, 0.6) is 0 Å². The molecule has 0 aromatic heterocycles. The second-order valence-corrected chi connectivity index (χ2v) is 6.96. The summed E-state index contributed by atoms with van der Waals surface area (Å²) in [6.07, 6.45) is 6.96. The van der Waals surface area contributed by atoms with Crippen molar-refractivity contribution in [2.24, 2.45) is 0 Å². The molecule has 0 bridgehead atoms. The van der Waals surface area contributed by atoms with Crippen molar-refractivity contribution in [1.82, 2.24) is 0 Å². The Labute approximate surface area is 150 Å². The summed E-state index contributed by atoms with van der Waals surface area (Å²) < 4.78 is 2.32. The Morgan fingerprint density at radius 1 is 0.826 bits per heavy atom. The van der Waals surface area contributed by atoms with E-state index in [2.05, 4.69) is 99.7 Å². The van der Waals surface area contributed by atoms with E-state index in [1.807, 2.05) is 0 Å². The second kappa shape index (κ2) is 6.00. The summed E-state index contributed by atoms with van der Waals surface area (Å²) in [6, 6.07) is 19.7. The molecule has 0 spiro atoms. The number of benzene rings is 3. The Bertz CT molecular complexity index is 952. The Hall–Kier alpha value is -1.81. The molecule has 2 heteroatoms. The third-order valence-electron chi connectivity index (χ3n) is 4.53. The first kappa shape index (κ1) is 14.8.